The molecule has 0 spiro atoms. The van der Waals surface area contributed by atoms with Crippen molar-refractivity contribution in [3.63, 3.8) is 0 Å². The molecule has 0 amide bonds. The van der Waals surface area contributed by atoms with E-state index in [4.69, 9.17) is 10.2 Å². The Morgan fingerprint density at radius 2 is 1.38 bits per heavy atom. The van der Waals surface area contributed by atoms with E-state index >= 15 is 0 Å². The SMILES string of the molecule is CCCCO[Si](CCCC)(CCCC)c1ccc(N)cc1. The molecule has 0 aromatic heterocycles. The molecule has 0 aliphatic rings. The van der Waals surface area contributed by atoms with Gasteiger partial charge in [-0.2, -0.15) is 0 Å². The van der Waals surface area contributed by atoms with Gasteiger partial charge in [0.25, 0.3) is 0 Å². The van der Waals surface area contributed by atoms with Gasteiger partial charge in [-0.05, 0) is 35.8 Å². The first kappa shape index (κ1) is 18.2. The minimum Gasteiger partial charge on any atom is -0.412 e. The van der Waals surface area contributed by atoms with E-state index in [0.717, 1.165) is 12.3 Å². The molecule has 1 aromatic rings. The highest BCUT2D eigenvalue weighted by Crippen LogP contribution is 2.24. The molecule has 3 heteroatoms. The highest BCUT2D eigenvalue weighted by atomic mass is 28.4. The van der Waals surface area contributed by atoms with Crippen molar-refractivity contribution in [1.29, 1.82) is 0 Å². The van der Waals surface area contributed by atoms with Gasteiger partial charge in [0.05, 0.1) is 0 Å². The van der Waals surface area contributed by atoms with Crippen LogP contribution in [0.5, 0.6) is 0 Å². The summed E-state index contributed by atoms with van der Waals surface area (Å²) in [5, 5.41) is 1.44. The van der Waals surface area contributed by atoms with Crippen LogP contribution < -0.4 is 10.9 Å². The summed E-state index contributed by atoms with van der Waals surface area (Å²) in [6, 6.07) is 11.0. The topological polar surface area (TPSA) is 35.2 Å². The molecule has 1 aromatic carbocycles. The van der Waals surface area contributed by atoms with Gasteiger partial charge in [0.2, 0.25) is 8.32 Å². The standard InChI is InChI=1S/C18H33NOSi/c1-4-7-14-20-21(15-8-5-2,16-9-6-3)18-12-10-17(19)11-13-18/h10-13H,4-9,14-16,19H2,1-3H3. The Bertz CT molecular complexity index is 369. The van der Waals surface area contributed by atoms with Gasteiger partial charge in [-0.15, -0.1) is 0 Å². The Kier molecular flexibility index (Phi) is 8.70. The summed E-state index contributed by atoms with van der Waals surface area (Å²) in [6.45, 7) is 7.69. The average Bonchev–Trinajstić information content (AvgIpc) is 2.51. The van der Waals surface area contributed by atoms with Crippen LogP contribution >= 0.6 is 0 Å². The predicted octanol–water partition coefficient (Wildman–Crippen LogP) is 4.84. The predicted molar refractivity (Wildman–Crippen MR) is 96.5 cm³/mol. The van der Waals surface area contributed by atoms with Crippen molar-refractivity contribution in [3.8, 4) is 0 Å². The second kappa shape index (κ2) is 10.0. The van der Waals surface area contributed by atoms with Crippen LogP contribution in [0.2, 0.25) is 12.1 Å². The first-order chi connectivity index (χ1) is 10.2. The van der Waals surface area contributed by atoms with Crippen molar-refractivity contribution in [2.24, 2.45) is 0 Å². The lowest BCUT2D eigenvalue weighted by Gasteiger charge is -2.32. The first-order valence-electron chi connectivity index (χ1n) is 8.68. The second-order valence-electron chi connectivity index (χ2n) is 6.03. The summed E-state index contributed by atoms with van der Waals surface area (Å²) < 4.78 is 6.60. The van der Waals surface area contributed by atoms with Crippen molar-refractivity contribution in [3.05, 3.63) is 24.3 Å². The van der Waals surface area contributed by atoms with Gasteiger partial charge in [0, 0.05) is 12.3 Å². The third-order valence-corrected chi connectivity index (χ3v) is 8.65. The molecular weight excluding hydrogens is 274 g/mol. The van der Waals surface area contributed by atoms with E-state index in [2.05, 4.69) is 32.9 Å². The smallest absolute Gasteiger partial charge is 0.224 e. The van der Waals surface area contributed by atoms with Crippen molar-refractivity contribution in [2.75, 3.05) is 12.3 Å². The number of anilines is 1. The lowest BCUT2D eigenvalue weighted by Crippen LogP contribution is -2.51. The number of rotatable bonds is 11. The van der Waals surface area contributed by atoms with E-state index in [1.54, 1.807) is 0 Å². The molecule has 0 fully saturated rings. The molecule has 0 bridgehead atoms. The maximum atomic E-state index is 6.60. The van der Waals surface area contributed by atoms with Gasteiger partial charge in [-0.25, -0.2) is 0 Å². The molecule has 0 radical (unpaired) electrons. The maximum absolute atomic E-state index is 6.60. The fourth-order valence-corrected chi connectivity index (χ4v) is 7.21. The highest BCUT2D eigenvalue weighted by Gasteiger charge is 2.35. The first-order valence-corrected chi connectivity index (χ1v) is 11.0. The number of benzene rings is 1. The Hall–Kier alpha value is -0.803. The van der Waals surface area contributed by atoms with Crippen LogP contribution in [-0.4, -0.2) is 14.9 Å². The van der Waals surface area contributed by atoms with Gasteiger partial charge in [0.1, 0.15) is 0 Å². The van der Waals surface area contributed by atoms with Crippen LogP contribution in [0, 0.1) is 0 Å². The van der Waals surface area contributed by atoms with Gasteiger partial charge >= 0.3 is 0 Å². The zero-order chi connectivity index (χ0) is 15.6. The van der Waals surface area contributed by atoms with Crippen molar-refractivity contribution in [1.82, 2.24) is 0 Å². The van der Waals surface area contributed by atoms with Gasteiger partial charge < -0.3 is 10.2 Å². The van der Waals surface area contributed by atoms with Gasteiger partial charge in [-0.1, -0.05) is 65.0 Å². The monoisotopic (exact) mass is 307 g/mol. The number of unbranched alkanes of at least 4 members (excludes halogenated alkanes) is 3. The zero-order valence-electron chi connectivity index (χ0n) is 14.2. The zero-order valence-corrected chi connectivity index (χ0v) is 15.2. The van der Waals surface area contributed by atoms with E-state index in [1.807, 2.05) is 12.1 Å². The molecule has 0 aliphatic carbocycles. The number of nitrogens with two attached hydrogens (primary N) is 1. The molecule has 0 saturated heterocycles. The third kappa shape index (κ3) is 5.83. The van der Waals surface area contributed by atoms with E-state index in [0.29, 0.717) is 0 Å². The molecule has 0 aliphatic heterocycles. The number of nitrogen functional groups attached to an aromatic ring is 1. The molecule has 0 heterocycles. The Morgan fingerprint density at radius 1 is 0.857 bits per heavy atom. The maximum Gasteiger partial charge on any atom is 0.224 e. The fraction of sp³-hybridized carbons (Fsp3) is 0.667. The van der Waals surface area contributed by atoms with Crippen molar-refractivity contribution in [2.45, 2.75) is 71.4 Å². The molecule has 2 N–H and O–H groups in total. The second-order valence-corrected chi connectivity index (χ2v) is 9.88. The van der Waals surface area contributed by atoms with E-state index in [-0.39, 0.29) is 0 Å². The Balaban J connectivity index is 2.97. The fourth-order valence-electron chi connectivity index (χ4n) is 2.76. The molecule has 0 atom stereocenters. The van der Waals surface area contributed by atoms with Crippen LogP contribution in [0.1, 0.15) is 59.3 Å². The van der Waals surface area contributed by atoms with Crippen molar-refractivity contribution >= 4 is 19.2 Å². The highest BCUT2D eigenvalue weighted by molar-refractivity contribution is 6.86. The van der Waals surface area contributed by atoms with Crippen molar-refractivity contribution < 1.29 is 4.43 Å². The Morgan fingerprint density at radius 3 is 1.86 bits per heavy atom. The molecule has 1 rings (SSSR count). The summed E-state index contributed by atoms with van der Waals surface area (Å²) in [7, 11) is -1.83. The number of hydrogen-bond donors (Lipinski definition) is 1. The summed E-state index contributed by atoms with van der Waals surface area (Å²) >= 11 is 0. The quantitative estimate of drug-likeness (QED) is 0.361. The van der Waals surface area contributed by atoms with Crippen LogP contribution in [0.25, 0.3) is 0 Å². The van der Waals surface area contributed by atoms with Crippen LogP contribution in [0.15, 0.2) is 24.3 Å². The summed E-state index contributed by atoms with van der Waals surface area (Å²) in [6.07, 6.45) is 7.40. The minimum atomic E-state index is -1.83. The molecule has 0 unspecified atom stereocenters. The minimum absolute atomic E-state index is 0.848. The van der Waals surface area contributed by atoms with E-state index in [9.17, 15) is 0 Å². The molecule has 2 nitrogen and oxygen atoms in total. The lowest BCUT2D eigenvalue weighted by atomic mass is 10.3. The van der Waals surface area contributed by atoms with Crippen LogP contribution in [-0.2, 0) is 4.43 Å². The summed E-state index contributed by atoms with van der Waals surface area (Å²) in [5.41, 5.74) is 6.71. The molecule has 120 valence electrons. The average molecular weight is 308 g/mol. The van der Waals surface area contributed by atoms with Crippen LogP contribution in [0.4, 0.5) is 5.69 Å². The van der Waals surface area contributed by atoms with Gasteiger partial charge in [0.15, 0.2) is 0 Å². The van der Waals surface area contributed by atoms with E-state index in [1.165, 1.54) is 55.8 Å². The number of hydrogen-bond acceptors (Lipinski definition) is 2. The third-order valence-electron chi connectivity index (χ3n) is 4.18. The summed E-state index contributed by atoms with van der Waals surface area (Å²) in [4.78, 5) is 0. The summed E-state index contributed by atoms with van der Waals surface area (Å²) in [5.74, 6) is 0. The lowest BCUT2D eigenvalue weighted by molar-refractivity contribution is 0.296. The normalized spacial score (nSPS) is 11.8. The molecular formula is C18H33NOSi. The van der Waals surface area contributed by atoms with Crippen LogP contribution in [0.3, 0.4) is 0 Å². The largest absolute Gasteiger partial charge is 0.412 e. The molecule has 0 saturated carbocycles. The van der Waals surface area contributed by atoms with E-state index < -0.39 is 8.32 Å². The Labute approximate surface area is 132 Å². The molecule has 21 heavy (non-hydrogen) atoms. The van der Waals surface area contributed by atoms with Gasteiger partial charge in [-0.3, -0.25) is 0 Å².